The highest BCUT2D eigenvalue weighted by Crippen LogP contribution is 2.39. The monoisotopic (exact) mass is 525 g/mol. The van der Waals surface area contributed by atoms with Crippen molar-refractivity contribution >= 4 is 12.2 Å². The Hall–Kier alpha value is -4.78. The van der Waals surface area contributed by atoms with Crippen molar-refractivity contribution in [3.63, 3.8) is 0 Å². The van der Waals surface area contributed by atoms with Crippen molar-refractivity contribution in [3.05, 3.63) is 113 Å². The van der Waals surface area contributed by atoms with Crippen LogP contribution in [0.25, 0.3) is 0 Å². The summed E-state index contributed by atoms with van der Waals surface area (Å²) in [5.41, 5.74) is 3.38. The van der Waals surface area contributed by atoms with Gasteiger partial charge in [-0.05, 0) is 53.4 Å². The van der Waals surface area contributed by atoms with Crippen LogP contribution in [-0.4, -0.2) is 40.6 Å². The van der Waals surface area contributed by atoms with Crippen molar-refractivity contribution in [2.75, 3.05) is 28.4 Å². The Bertz CT molecular complexity index is 1390. The predicted octanol–water partition coefficient (Wildman–Crippen LogP) is 6.34. The minimum absolute atomic E-state index is 0.0582. The quantitative estimate of drug-likeness (QED) is 0.129. The maximum absolute atomic E-state index is 13.0. The van der Waals surface area contributed by atoms with Gasteiger partial charge in [0.2, 0.25) is 5.75 Å². The van der Waals surface area contributed by atoms with Crippen molar-refractivity contribution in [2.45, 2.75) is 12.5 Å². The standard InChI is InChI=1S/C32H31NO6/c1-35-28-18-23(21-33-26(24-13-9-6-10-14-24)17-22-11-7-5-8-12-22)15-16-27(28)39-32(34)25-19-29(36-2)31(38-4)30(20-25)37-3/h5-16,18-21,26H,17H2,1-4H3. The summed E-state index contributed by atoms with van der Waals surface area (Å²) in [4.78, 5) is 17.9. The lowest BCUT2D eigenvalue weighted by molar-refractivity contribution is 0.0728. The van der Waals surface area contributed by atoms with Gasteiger partial charge in [0, 0.05) is 6.21 Å². The van der Waals surface area contributed by atoms with E-state index in [1.54, 1.807) is 12.1 Å². The Morgan fingerprint density at radius 2 is 1.33 bits per heavy atom. The number of benzene rings is 4. The first-order valence-corrected chi connectivity index (χ1v) is 12.4. The van der Waals surface area contributed by atoms with Gasteiger partial charge in [-0.3, -0.25) is 4.99 Å². The molecule has 0 radical (unpaired) electrons. The molecule has 4 aromatic rings. The molecule has 0 amide bonds. The molecular formula is C32H31NO6. The average molecular weight is 526 g/mol. The molecule has 39 heavy (non-hydrogen) atoms. The highest BCUT2D eigenvalue weighted by molar-refractivity contribution is 5.93. The maximum atomic E-state index is 13.0. The van der Waals surface area contributed by atoms with E-state index >= 15 is 0 Å². The summed E-state index contributed by atoms with van der Waals surface area (Å²) < 4.78 is 27.2. The minimum atomic E-state index is -0.596. The topological polar surface area (TPSA) is 75.6 Å². The third-order valence-electron chi connectivity index (χ3n) is 6.15. The Labute approximate surface area is 228 Å². The van der Waals surface area contributed by atoms with Crippen LogP contribution in [-0.2, 0) is 6.42 Å². The Morgan fingerprint density at radius 1 is 0.718 bits per heavy atom. The molecule has 7 heteroatoms. The summed E-state index contributed by atoms with van der Waals surface area (Å²) >= 11 is 0. The van der Waals surface area contributed by atoms with Crippen LogP contribution in [0.2, 0.25) is 0 Å². The number of hydrogen-bond acceptors (Lipinski definition) is 7. The molecule has 1 atom stereocenters. The fourth-order valence-corrected chi connectivity index (χ4v) is 4.15. The first kappa shape index (κ1) is 27.3. The summed E-state index contributed by atoms with van der Waals surface area (Å²) in [6, 6.07) is 28.8. The largest absolute Gasteiger partial charge is 0.493 e. The molecule has 0 aromatic heterocycles. The number of esters is 1. The molecule has 4 aromatic carbocycles. The van der Waals surface area contributed by atoms with Gasteiger partial charge in [0.15, 0.2) is 23.0 Å². The zero-order valence-electron chi connectivity index (χ0n) is 22.4. The lowest BCUT2D eigenvalue weighted by Crippen LogP contribution is -2.10. The van der Waals surface area contributed by atoms with Crippen LogP contribution in [0.4, 0.5) is 0 Å². The van der Waals surface area contributed by atoms with Gasteiger partial charge in [0.05, 0.1) is 40.0 Å². The Morgan fingerprint density at radius 3 is 1.92 bits per heavy atom. The van der Waals surface area contributed by atoms with Gasteiger partial charge in [0.25, 0.3) is 0 Å². The van der Waals surface area contributed by atoms with Crippen LogP contribution in [0, 0.1) is 0 Å². The van der Waals surface area contributed by atoms with E-state index in [0.29, 0.717) is 23.0 Å². The first-order valence-electron chi connectivity index (χ1n) is 12.4. The normalized spacial score (nSPS) is 11.6. The van der Waals surface area contributed by atoms with Gasteiger partial charge >= 0.3 is 5.97 Å². The highest BCUT2D eigenvalue weighted by Gasteiger charge is 2.20. The summed E-state index contributed by atoms with van der Waals surface area (Å²) in [5.74, 6) is 1.17. The number of aliphatic imine (C=N–C) groups is 1. The fraction of sp³-hybridized carbons (Fsp3) is 0.188. The molecule has 0 aliphatic carbocycles. The van der Waals surface area contributed by atoms with E-state index in [0.717, 1.165) is 17.5 Å². The molecule has 0 aliphatic rings. The molecule has 1 unspecified atom stereocenters. The predicted molar refractivity (Wildman–Crippen MR) is 151 cm³/mol. The van der Waals surface area contributed by atoms with Crippen LogP contribution in [0.5, 0.6) is 28.7 Å². The second kappa shape index (κ2) is 13.1. The van der Waals surface area contributed by atoms with Crippen molar-refractivity contribution in [1.82, 2.24) is 0 Å². The number of hydrogen-bond donors (Lipinski definition) is 0. The van der Waals surface area contributed by atoms with Crippen LogP contribution >= 0.6 is 0 Å². The Balaban J connectivity index is 1.56. The van der Waals surface area contributed by atoms with Gasteiger partial charge < -0.3 is 23.7 Å². The van der Waals surface area contributed by atoms with Gasteiger partial charge in [-0.15, -0.1) is 0 Å². The van der Waals surface area contributed by atoms with E-state index < -0.39 is 5.97 Å². The van der Waals surface area contributed by atoms with Gasteiger partial charge in [-0.1, -0.05) is 60.7 Å². The van der Waals surface area contributed by atoms with Crippen molar-refractivity contribution in [1.29, 1.82) is 0 Å². The van der Waals surface area contributed by atoms with Crippen molar-refractivity contribution < 1.29 is 28.5 Å². The molecule has 4 rings (SSSR count). The summed E-state index contributed by atoms with van der Waals surface area (Å²) in [5, 5.41) is 0. The third kappa shape index (κ3) is 6.76. The highest BCUT2D eigenvalue weighted by atomic mass is 16.6. The number of carbonyl (C=O) groups excluding carboxylic acids is 1. The molecule has 200 valence electrons. The zero-order chi connectivity index (χ0) is 27.6. The molecule has 0 spiro atoms. The van der Waals surface area contributed by atoms with Crippen molar-refractivity contribution in [2.24, 2.45) is 4.99 Å². The zero-order valence-corrected chi connectivity index (χ0v) is 22.4. The summed E-state index contributed by atoms with van der Waals surface area (Å²) in [7, 11) is 5.99. The number of rotatable bonds is 11. The van der Waals surface area contributed by atoms with Gasteiger partial charge in [-0.2, -0.15) is 0 Å². The molecule has 7 nitrogen and oxygen atoms in total. The second-order valence-electron chi connectivity index (χ2n) is 8.61. The molecule has 0 N–H and O–H groups in total. The molecular weight excluding hydrogens is 494 g/mol. The minimum Gasteiger partial charge on any atom is -0.493 e. The molecule has 0 bridgehead atoms. The van der Waals surface area contributed by atoms with E-state index in [-0.39, 0.29) is 17.4 Å². The Kier molecular flexibility index (Phi) is 9.19. The van der Waals surface area contributed by atoms with Crippen LogP contribution in [0.1, 0.15) is 33.1 Å². The van der Waals surface area contributed by atoms with Crippen LogP contribution in [0.15, 0.2) is 96.0 Å². The molecule has 0 saturated carbocycles. The SMILES string of the molecule is COc1cc(C=NC(Cc2ccccc2)c2ccccc2)ccc1OC(=O)c1cc(OC)c(OC)c(OC)c1. The molecule has 0 heterocycles. The van der Waals surface area contributed by atoms with E-state index in [1.165, 1.54) is 46.1 Å². The lowest BCUT2D eigenvalue weighted by Gasteiger charge is -2.15. The molecule has 0 saturated heterocycles. The summed E-state index contributed by atoms with van der Waals surface area (Å²) in [6.45, 7) is 0. The van der Waals surface area contributed by atoms with Crippen molar-refractivity contribution in [3.8, 4) is 28.7 Å². The van der Waals surface area contributed by atoms with Crippen LogP contribution in [0.3, 0.4) is 0 Å². The molecule has 0 fully saturated rings. The van der Waals surface area contributed by atoms with Crippen LogP contribution < -0.4 is 23.7 Å². The lowest BCUT2D eigenvalue weighted by atomic mass is 9.99. The van der Waals surface area contributed by atoms with Gasteiger partial charge in [0.1, 0.15) is 0 Å². The average Bonchev–Trinajstić information content (AvgIpc) is 2.99. The summed E-state index contributed by atoms with van der Waals surface area (Å²) in [6.07, 6.45) is 2.58. The van der Waals surface area contributed by atoms with E-state index in [1.807, 2.05) is 48.7 Å². The number of nitrogens with zero attached hydrogens (tertiary/aromatic N) is 1. The fourth-order valence-electron chi connectivity index (χ4n) is 4.15. The molecule has 0 aliphatic heterocycles. The van der Waals surface area contributed by atoms with Gasteiger partial charge in [-0.25, -0.2) is 4.79 Å². The second-order valence-corrected chi connectivity index (χ2v) is 8.61. The third-order valence-corrected chi connectivity index (χ3v) is 6.15. The van der Waals surface area contributed by atoms with E-state index in [9.17, 15) is 4.79 Å². The van der Waals surface area contributed by atoms with E-state index in [4.69, 9.17) is 28.7 Å². The number of ether oxygens (including phenoxy) is 5. The maximum Gasteiger partial charge on any atom is 0.343 e. The van der Waals surface area contributed by atoms with E-state index in [2.05, 4.69) is 24.3 Å². The number of methoxy groups -OCH3 is 4. The number of carbonyl (C=O) groups is 1. The first-order chi connectivity index (χ1) is 19.1. The smallest absolute Gasteiger partial charge is 0.343 e.